The van der Waals surface area contributed by atoms with E-state index in [0.29, 0.717) is 12.8 Å². The van der Waals surface area contributed by atoms with Crippen LogP contribution >= 0.6 is 12.6 Å². The van der Waals surface area contributed by atoms with E-state index in [1.54, 1.807) is 0 Å². The first-order chi connectivity index (χ1) is 8.45. The van der Waals surface area contributed by atoms with Gasteiger partial charge in [0, 0.05) is 13.1 Å². The van der Waals surface area contributed by atoms with Gasteiger partial charge in [-0.1, -0.05) is 12.8 Å². The molecule has 1 heterocycles. The number of likely N-dealkylation sites (tertiary alicyclic amines) is 1. The number of alkyl halides is 3. The third-order valence-electron chi connectivity index (χ3n) is 4.53. The number of thiol groups is 1. The predicted molar refractivity (Wildman–Crippen MR) is 70.0 cm³/mol. The molecule has 0 bridgehead atoms. The topological polar surface area (TPSA) is 3.24 Å². The van der Waals surface area contributed by atoms with E-state index in [-0.39, 0.29) is 12.0 Å². The summed E-state index contributed by atoms with van der Waals surface area (Å²) in [5.41, 5.74) is 0.177. The van der Waals surface area contributed by atoms with Crippen LogP contribution in [0.4, 0.5) is 13.2 Å². The zero-order valence-corrected chi connectivity index (χ0v) is 11.6. The Labute approximate surface area is 113 Å². The summed E-state index contributed by atoms with van der Waals surface area (Å²) in [5.74, 6) is -0.315. The Kier molecular flexibility index (Phi) is 4.52. The highest BCUT2D eigenvalue weighted by Crippen LogP contribution is 2.41. The number of rotatable bonds is 3. The quantitative estimate of drug-likeness (QED) is 0.771. The maximum Gasteiger partial charge on any atom is 0.393 e. The molecular formula is C13H22F3NS. The summed E-state index contributed by atoms with van der Waals surface area (Å²) in [7, 11) is 0. The Balaban J connectivity index is 1.93. The summed E-state index contributed by atoms with van der Waals surface area (Å²) in [4.78, 5) is 2.03. The lowest BCUT2D eigenvalue weighted by Crippen LogP contribution is -2.46. The van der Waals surface area contributed by atoms with Crippen LogP contribution in [0.15, 0.2) is 0 Å². The first kappa shape index (κ1) is 14.5. The van der Waals surface area contributed by atoms with E-state index in [1.807, 2.05) is 4.90 Å². The fraction of sp³-hybridized carbons (Fsp3) is 1.00. The molecule has 0 aromatic rings. The minimum absolute atomic E-state index is 0.177. The van der Waals surface area contributed by atoms with Crippen molar-refractivity contribution >= 4 is 12.6 Å². The molecule has 2 fully saturated rings. The van der Waals surface area contributed by atoms with Gasteiger partial charge in [-0.3, -0.25) is 0 Å². The van der Waals surface area contributed by atoms with Crippen LogP contribution in [0.3, 0.4) is 0 Å². The molecule has 1 saturated heterocycles. The number of piperidine rings is 1. The molecule has 106 valence electrons. The van der Waals surface area contributed by atoms with Crippen LogP contribution in [0, 0.1) is 11.3 Å². The second-order valence-electron chi connectivity index (χ2n) is 5.98. The minimum atomic E-state index is -4.03. The van der Waals surface area contributed by atoms with Crippen molar-refractivity contribution in [3.05, 3.63) is 0 Å². The van der Waals surface area contributed by atoms with Crippen LogP contribution in [0.25, 0.3) is 0 Å². The predicted octanol–water partition coefficient (Wildman–Crippen LogP) is 3.75. The third-order valence-corrected chi connectivity index (χ3v) is 5.20. The molecule has 0 radical (unpaired) electrons. The van der Waals surface area contributed by atoms with Crippen LogP contribution < -0.4 is 0 Å². The van der Waals surface area contributed by atoms with Crippen molar-refractivity contribution in [1.82, 2.24) is 4.90 Å². The Morgan fingerprint density at radius 3 is 2.39 bits per heavy atom. The van der Waals surface area contributed by atoms with Crippen molar-refractivity contribution in [1.29, 1.82) is 0 Å². The number of halogens is 3. The average molecular weight is 281 g/mol. The van der Waals surface area contributed by atoms with Crippen molar-refractivity contribution in [3.63, 3.8) is 0 Å². The van der Waals surface area contributed by atoms with Gasteiger partial charge >= 0.3 is 6.18 Å². The molecule has 2 aliphatic rings. The first-order valence-corrected chi connectivity index (χ1v) is 7.48. The molecule has 0 spiro atoms. The smallest absolute Gasteiger partial charge is 0.302 e. The second-order valence-corrected chi connectivity index (χ2v) is 6.30. The Hall–Kier alpha value is 0.100. The Bertz CT molecular complexity index is 274. The standard InChI is InChI=1S/C13H22F3NS/c14-13(15,16)11-4-3-7-17(8-11)9-12(10-18)5-1-2-6-12/h11,18H,1-10H2. The van der Waals surface area contributed by atoms with E-state index in [4.69, 9.17) is 0 Å². The van der Waals surface area contributed by atoms with E-state index in [1.165, 1.54) is 12.8 Å². The lowest BCUT2D eigenvalue weighted by atomic mass is 9.86. The molecule has 1 aliphatic heterocycles. The number of hydrogen-bond acceptors (Lipinski definition) is 2. The molecule has 1 aliphatic carbocycles. The Morgan fingerprint density at radius 2 is 1.83 bits per heavy atom. The Morgan fingerprint density at radius 1 is 1.17 bits per heavy atom. The zero-order chi connectivity index (χ0) is 13.2. The van der Waals surface area contributed by atoms with E-state index >= 15 is 0 Å². The normalized spacial score (nSPS) is 29.7. The van der Waals surface area contributed by atoms with E-state index in [2.05, 4.69) is 12.6 Å². The van der Waals surface area contributed by atoms with Gasteiger partial charge in [-0.15, -0.1) is 0 Å². The number of nitrogens with zero attached hydrogens (tertiary/aromatic N) is 1. The lowest BCUT2D eigenvalue weighted by Gasteiger charge is -2.39. The molecule has 2 rings (SSSR count). The summed E-state index contributed by atoms with van der Waals surface area (Å²) >= 11 is 4.43. The molecule has 1 saturated carbocycles. The maximum atomic E-state index is 12.8. The van der Waals surface area contributed by atoms with E-state index < -0.39 is 12.1 Å². The molecule has 0 amide bonds. The van der Waals surface area contributed by atoms with Gasteiger partial charge in [0.15, 0.2) is 0 Å². The lowest BCUT2D eigenvalue weighted by molar-refractivity contribution is -0.187. The molecule has 1 nitrogen and oxygen atoms in total. The fourth-order valence-electron chi connectivity index (χ4n) is 3.43. The molecule has 1 atom stereocenters. The van der Waals surface area contributed by atoms with Crippen molar-refractivity contribution in [2.45, 2.75) is 44.7 Å². The summed E-state index contributed by atoms with van der Waals surface area (Å²) in [6.45, 7) is 1.82. The highest BCUT2D eigenvalue weighted by molar-refractivity contribution is 7.80. The van der Waals surface area contributed by atoms with Gasteiger partial charge in [0.05, 0.1) is 5.92 Å². The molecule has 0 aromatic heterocycles. The van der Waals surface area contributed by atoms with Gasteiger partial charge in [-0.25, -0.2) is 0 Å². The molecule has 5 heteroatoms. The second kappa shape index (κ2) is 5.61. The largest absolute Gasteiger partial charge is 0.393 e. The monoisotopic (exact) mass is 281 g/mol. The van der Waals surface area contributed by atoms with E-state index in [9.17, 15) is 13.2 Å². The van der Waals surface area contributed by atoms with Crippen LogP contribution in [0.2, 0.25) is 0 Å². The van der Waals surface area contributed by atoms with Gasteiger partial charge in [0.25, 0.3) is 0 Å². The summed E-state index contributed by atoms with van der Waals surface area (Å²) in [6.07, 6.45) is 1.62. The van der Waals surface area contributed by atoms with Crippen molar-refractivity contribution in [3.8, 4) is 0 Å². The van der Waals surface area contributed by atoms with Gasteiger partial charge in [0.1, 0.15) is 0 Å². The number of hydrogen-bond donors (Lipinski definition) is 1. The molecule has 18 heavy (non-hydrogen) atoms. The third kappa shape index (κ3) is 3.35. The van der Waals surface area contributed by atoms with Crippen molar-refractivity contribution in [2.24, 2.45) is 11.3 Å². The SMILES string of the molecule is FC(F)(F)C1CCCN(CC2(CS)CCCC2)C1. The van der Waals surface area contributed by atoms with Gasteiger partial charge in [0.2, 0.25) is 0 Å². The van der Waals surface area contributed by atoms with Gasteiger partial charge < -0.3 is 4.90 Å². The highest BCUT2D eigenvalue weighted by Gasteiger charge is 2.43. The van der Waals surface area contributed by atoms with Crippen LogP contribution in [0.5, 0.6) is 0 Å². The maximum absolute atomic E-state index is 12.8. The summed E-state index contributed by atoms with van der Waals surface area (Å²) in [5, 5.41) is 0. The van der Waals surface area contributed by atoms with Crippen LogP contribution in [-0.4, -0.2) is 36.5 Å². The summed E-state index contributed by atoms with van der Waals surface area (Å²) in [6, 6.07) is 0. The highest BCUT2D eigenvalue weighted by atomic mass is 32.1. The fourth-order valence-corrected chi connectivity index (χ4v) is 3.85. The molecule has 0 aromatic carbocycles. The molecule has 0 N–H and O–H groups in total. The molecular weight excluding hydrogens is 259 g/mol. The summed E-state index contributed by atoms with van der Waals surface area (Å²) < 4.78 is 38.3. The van der Waals surface area contributed by atoms with Crippen molar-refractivity contribution in [2.75, 3.05) is 25.4 Å². The van der Waals surface area contributed by atoms with E-state index in [0.717, 1.165) is 31.7 Å². The van der Waals surface area contributed by atoms with Crippen molar-refractivity contribution < 1.29 is 13.2 Å². The van der Waals surface area contributed by atoms with Crippen LogP contribution in [-0.2, 0) is 0 Å². The zero-order valence-electron chi connectivity index (χ0n) is 10.7. The minimum Gasteiger partial charge on any atom is -0.302 e. The van der Waals surface area contributed by atoms with Gasteiger partial charge in [-0.2, -0.15) is 25.8 Å². The first-order valence-electron chi connectivity index (χ1n) is 6.85. The molecule has 1 unspecified atom stereocenters. The van der Waals surface area contributed by atoms with Gasteiger partial charge in [-0.05, 0) is 43.4 Å². The van der Waals surface area contributed by atoms with Crippen LogP contribution in [0.1, 0.15) is 38.5 Å². The average Bonchev–Trinajstić information content (AvgIpc) is 2.77.